The highest BCUT2D eigenvalue weighted by Gasteiger charge is 2.29. The number of hydrogen-bond acceptors (Lipinski definition) is 10. The topological polar surface area (TPSA) is 163 Å². The van der Waals surface area contributed by atoms with Crippen LogP contribution in [0.25, 0.3) is 11.3 Å². The molecule has 12 nitrogen and oxygen atoms in total. The molecule has 1 saturated heterocycles. The highest BCUT2D eigenvalue weighted by Crippen LogP contribution is 2.37. The van der Waals surface area contributed by atoms with Gasteiger partial charge in [-0.1, -0.05) is 23.2 Å². The van der Waals surface area contributed by atoms with Crippen LogP contribution < -0.4 is 26.5 Å². The fraction of sp³-hybridized carbons (Fsp3) is 0.250. The van der Waals surface area contributed by atoms with Gasteiger partial charge in [0.1, 0.15) is 18.2 Å². The minimum Gasteiger partial charge on any atom is -0.733 e. The third kappa shape index (κ3) is 6.17. The van der Waals surface area contributed by atoms with Gasteiger partial charge in [-0.3, -0.25) is 14.8 Å². The number of nitrogen functional groups attached to an aromatic ring is 1. The molecule has 0 bridgehead atoms. The van der Waals surface area contributed by atoms with E-state index in [2.05, 4.69) is 15.6 Å². The van der Waals surface area contributed by atoms with Gasteiger partial charge in [-0.15, -0.1) is 0 Å². The summed E-state index contributed by atoms with van der Waals surface area (Å²) in [5.74, 6) is 0.482. The van der Waals surface area contributed by atoms with Crippen molar-refractivity contribution < 1.29 is 14.8 Å². The average molecular weight is 560 g/mol. The first kappa shape index (κ1) is 27.2. The molecule has 200 valence electrons. The van der Waals surface area contributed by atoms with E-state index in [1.54, 1.807) is 35.2 Å². The van der Waals surface area contributed by atoms with Crippen molar-refractivity contribution in [2.45, 2.75) is 6.92 Å². The number of carbonyl (C=O) groups is 2. The Labute approximate surface area is 228 Å². The van der Waals surface area contributed by atoms with Gasteiger partial charge in [-0.2, -0.15) is 0 Å². The van der Waals surface area contributed by atoms with Crippen molar-refractivity contribution in [1.29, 1.82) is 0 Å². The second kappa shape index (κ2) is 11.7. The molecule has 0 unspecified atom stereocenters. The molecule has 5 N–H and O–H groups in total. The lowest BCUT2D eigenvalue weighted by Gasteiger charge is -2.34. The van der Waals surface area contributed by atoms with Crippen LogP contribution in [-0.4, -0.2) is 64.6 Å². The molecule has 2 aromatic heterocycles. The number of anilines is 5. The molecule has 1 fully saturated rings. The molecular weight excluding hydrogens is 535 g/mol. The summed E-state index contributed by atoms with van der Waals surface area (Å²) in [6.07, 6.45) is 0. The normalized spacial score (nSPS) is 13.4. The number of nitrogens with zero attached hydrogens (tertiary/aromatic N) is 5. The van der Waals surface area contributed by atoms with E-state index in [0.717, 1.165) is 0 Å². The predicted octanol–water partition coefficient (Wildman–Crippen LogP) is 3.45. The summed E-state index contributed by atoms with van der Waals surface area (Å²) in [7, 11) is 0. The molecule has 1 aliphatic heterocycles. The summed E-state index contributed by atoms with van der Waals surface area (Å²) in [5, 5.41) is 26.8. The average Bonchev–Trinajstić information content (AvgIpc) is 2.86. The smallest absolute Gasteiger partial charge is 0.246 e. The van der Waals surface area contributed by atoms with Gasteiger partial charge in [0.05, 0.1) is 22.1 Å². The Balaban J connectivity index is 1.52. The number of benzene rings is 1. The number of piperazine rings is 1. The summed E-state index contributed by atoms with van der Waals surface area (Å²) in [6, 6.07) is 11.5. The highest BCUT2D eigenvalue weighted by molar-refractivity contribution is 6.36. The number of carbonyl (C=O) groups excluding carboxylic acids is 2. The van der Waals surface area contributed by atoms with Crippen LogP contribution in [0.5, 0.6) is 0 Å². The first-order chi connectivity index (χ1) is 18.1. The van der Waals surface area contributed by atoms with Gasteiger partial charge in [0.2, 0.25) is 11.8 Å². The van der Waals surface area contributed by atoms with E-state index in [-0.39, 0.29) is 35.1 Å². The van der Waals surface area contributed by atoms with Crippen LogP contribution in [0.3, 0.4) is 0 Å². The van der Waals surface area contributed by atoms with E-state index in [0.29, 0.717) is 64.8 Å². The third-order valence-electron chi connectivity index (χ3n) is 5.86. The van der Waals surface area contributed by atoms with E-state index in [1.165, 1.54) is 24.0 Å². The molecule has 0 saturated carbocycles. The van der Waals surface area contributed by atoms with Crippen molar-refractivity contribution in [3.63, 3.8) is 0 Å². The van der Waals surface area contributed by atoms with Gasteiger partial charge in [0, 0.05) is 43.7 Å². The maximum Gasteiger partial charge on any atom is 0.246 e. The van der Waals surface area contributed by atoms with E-state index in [1.807, 2.05) is 0 Å². The summed E-state index contributed by atoms with van der Waals surface area (Å²) in [6.45, 7) is 3.02. The number of nitrogens with two attached hydrogens (primary N) is 1. The van der Waals surface area contributed by atoms with Crippen molar-refractivity contribution in [2.24, 2.45) is 0 Å². The zero-order valence-corrected chi connectivity index (χ0v) is 21.8. The first-order valence-electron chi connectivity index (χ1n) is 11.6. The van der Waals surface area contributed by atoms with E-state index >= 15 is 0 Å². The molecule has 1 aliphatic rings. The van der Waals surface area contributed by atoms with Gasteiger partial charge in [-0.05, 0) is 42.5 Å². The van der Waals surface area contributed by atoms with Gasteiger partial charge in [0.25, 0.3) is 0 Å². The van der Waals surface area contributed by atoms with E-state index < -0.39 is 0 Å². The summed E-state index contributed by atoms with van der Waals surface area (Å²) in [4.78, 5) is 36.5. The van der Waals surface area contributed by atoms with Crippen molar-refractivity contribution in [1.82, 2.24) is 14.9 Å². The summed E-state index contributed by atoms with van der Waals surface area (Å²) >= 11 is 12.6. The van der Waals surface area contributed by atoms with Crippen LogP contribution in [0, 0.1) is 5.21 Å². The molecule has 0 atom stereocenters. The molecule has 0 aliphatic carbocycles. The second-order valence-electron chi connectivity index (χ2n) is 8.40. The number of aromatic nitrogens is 2. The van der Waals surface area contributed by atoms with Crippen LogP contribution >= 0.6 is 23.2 Å². The molecule has 2 amide bonds. The molecule has 3 heterocycles. The van der Waals surface area contributed by atoms with Crippen molar-refractivity contribution in [3.8, 4) is 11.3 Å². The summed E-state index contributed by atoms with van der Waals surface area (Å²) in [5.41, 5.74) is 7.19. The van der Waals surface area contributed by atoms with Crippen LogP contribution in [0.1, 0.15) is 6.92 Å². The number of pyridine rings is 2. The number of amides is 2. The Kier molecular flexibility index (Phi) is 8.37. The Morgan fingerprint density at radius 3 is 2.39 bits per heavy atom. The zero-order chi connectivity index (χ0) is 27.4. The lowest BCUT2D eigenvalue weighted by molar-refractivity contribution is -0.135. The van der Waals surface area contributed by atoms with Crippen molar-refractivity contribution in [2.75, 3.05) is 59.2 Å². The SMILES string of the molecule is CC(=O)N1CCN(c2ccc(NCCNc3ccc(N([O-])O)c(N)n3)nc2-c2ccc(Cl)cc2Cl)C(=O)C1. The second-order valence-corrected chi connectivity index (χ2v) is 9.25. The van der Waals surface area contributed by atoms with Crippen LogP contribution in [0.4, 0.5) is 28.8 Å². The minimum atomic E-state index is -0.343. The van der Waals surface area contributed by atoms with E-state index in [9.17, 15) is 14.8 Å². The van der Waals surface area contributed by atoms with Gasteiger partial charge >= 0.3 is 0 Å². The Morgan fingerprint density at radius 2 is 1.79 bits per heavy atom. The number of hydrogen-bond donors (Lipinski definition) is 4. The van der Waals surface area contributed by atoms with Crippen LogP contribution in [0.2, 0.25) is 10.0 Å². The lowest BCUT2D eigenvalue weighted by atomic mass is 10.1. The Morgan fingerprint density at radius 1 is 1.11 bits per heavy atom. The fourth-order valence-corrected chi connectivity index (χ4v) is 4.45. The third-order valence-corrected chi connectivity index (χ3v) is 6.41. The van der Waals surface area contributed by atoms with Crippen LogP contribution in [-0.2, 0) is 9.59 Å². The van der Waals surface area contributed by atoms with Crippen LogP contribution in [0.15, 0.2) is 42.5 Å². The van der Waals surface area contributed by atoms with Gasteiger partial charge in [-0.25, -0.2) is 9.97 Å². The van der Waals surface area contributed by atoms with E-state index in [4.69, 9.17) is 39.1 Å². The summed E-state index contributed by atoms with van der Waals surface area (Å²) < 4.78 is 0. The maximum absolute atomic E-state index is 12.9. The van der Waals surface area contributed by atoms with Gasteiger partial charge < -0.3 is 36.6 Å². The quantitative estimate of drug-likeness (QED) is 0.237. The fourth-order valence-electron chi connectivity index (χ4n) is 3.95. The molecule has 4 rings (SSSR count). The molecule has 0 spiro atoms. The highest BCUT2D eigenvalue weighted by atomic mass is 35.5. The molecule has 1 aromatic carbocycles. The number of rotatable bonds is 8. The first-order valence-corrected chi connectivity index (χ1v) is 12.3. The monoisotopic (exact) mass is 559 g/mol. The van der Waals surface area contributed by atoms with Crippen molar-refractivity contribution in [3.05, 3.63) is 57.7 Å². The Hall–Kier alpha value is -3.84. The molecule has 3 aromatic rings. The zero-order valence-electron chi connectivity index (χ0n) is 20.3. The molecule has 38 heavy (non-hydrogen) atoms. The molecule has 14 heteroatoms. The number of halogens is 2. The standard InChI is InChI=1S/C24H25Cl2N8O4/c1-14(35)32-10-11-33(22(36)13-32)18-4-6-20(30-23(18)16-3-2-15(25)12-17(16)26)28-8-9-29-21-7-5-19(34(37)38)24(27)31-21/h2-7,12,37H,8-11,13H2,1H3,(H,28,30)(H3,27,29,31)/q-1. The van der Waals surface area contributed by atoms with Gasteiger partial charge in [0.15, 0.2) is 5.82 Å². The minimum absolute atomic E-state index is 0.0144. The lowest BCUT2D eigenvalue weighted by Crippen LogP contribution is -2.52. The Bertz CT molecular complexity index is 1360. The number of nitrogens with one attached hydrogen (secondary N) is 2. The van der Waals surface area contributed by atoms with Crippen molar-refractivity contribution >= 4 is 63.8 Å². The molecular formula is C24H25Cl2N8O4-. The predicted molar refractivity (Wildman–Crippen MR) is 148 cm³/mol. The largest absolute Gasteiger partial charge is 0.733 e. The maximum atomic E-state index is 12.9. The molecule has 0 radical (unpaired) electrons.